The predicted molar refractivity (Wildman–Crippen MR) is 183 cm³/mol. The monoisotopic (exact) mass is 660 g/mol. The van der Waals surface area contributed by atoms with E-state index in [1.54, 1.807) is 6.08 Å². The van der Waals surface area contributed by atoms with Crippen LogP contribution in [0, 0.1) is 13.8 Å². The molecule has 3 aromatic rings. The number of carboxylic acid groups (broad SMARTS) is 2. The number of aliphatic carboxylic acids is 2. The molecule has 0 radical (unpaired) electrons. The van der Waals surface area contributed by atoms with E-state index in [0.29, 0.717) is 18.5 Å². The molecule has 246 valence electrons. The quantitative estimate of drug-likeness (QED) is 0.129. The zero-order chi connectivity index (χ0) is 34.8. The number of hydrogen-bond donors (Lipinski definition) is 7. The highest BCUT2D eigenvalue weighted by Gasteiger charge is 2.21. The van der Waals surface area contributed by atoms with Crippen molar-refractivity contribution in [2.45, 2.75) is 53.4 Å². The van der Waals surface area contributed by atoms with Crippen LogP contribution in [0.25, 0.3) is 50.4 Å². The third-order valence-corrected chi connectivity index (χ3v) is 8.22. The maximum absolute atomic E-state index is 11.5. The van der Waals surface area contributed by atoms with E-state index in [1.165, 1.54) is 0 Å². The van der Waals surface area contributed by atoms with Gasteiger partial charge in [0.1, 0.15) is 0 Å². The molecule has 0 atom stereocenters. The molecule has 5 heterocycles. The van der Waals surface area contributed by atoms with Crippen LogP contribution in [0.3, 0.4) is 0 Å². The summed E-state index contributed by atoms with van der Waals surface area (Å²) >= 11 is 0. The van der Waals surface area contributed by atoms with E-state index >= 15 is 0 Å². The van der Waals surface area contributed by atoms with Gasteiger partial charge in [-0.1, -0.05) is 25.3 Å². The first-order valence-corrected chi connectivity index (χ1v) is 16.2. The number of carboxylic acids is 2. The minimum Gasteiger partial charge on any atom is -0.481 e. The molecule has 2 aliphatic heterocycles. The number of aromatic amines is 2. The standard InChI is InChI=1S/C34H34N4O4.H3O4P/c1-7-21-17(3)25-13-26-19(5)23(9-11-33(39)40)31(37-26)16-32-24(10-12-34(41)42)20(6)28(38-32)15-30-22(8-2)18(4)27(36-30)14-29(21)35-25;1-5(2,3)4/h7-8,13-16,35,38H,1-2,9-12H2,3-6H3,(H,39,40)(H,41,42);(H3,1,2,3,4). The van der Waals surface area contributed by atoms with E-state index in [-0.39, 0.29) is 12.8 Å². The number of nitrogens with zero attached hydrogens (tertiary/aromatic N) is 2. The summed E-state index contributed by atoms with van der Waals surface area (Å²) in [5.74, 6) is -1.76. The zero-order valence-corrected chi connectivity index (χ0v) is 27.4. The van der Waals surface area contributed by atoms with Crippen molar-refractivity contribution in [1.82, 2.24) is 19.9 Å². The number of nitrogens with one attached hydrogen (secondary N) is 2. The Bertz CT molecular complexity index is 2090. The number of fused-ring (bicyclic) bond motifs is 8. The van der Waals surface area contributed by atoms with Crippen LogP contribution in [0.4, 0.5) is 0 Å². The van der Waals surface area contributed by atoms with Crippen LogP contribution in [0.15, 0.2) is 43.5 Å². The molecule has 8 bridgehead atoms. The van der Waals surface area contributed by atoms with Crippen molar-refractivity contribution in [2.24, 2.45) is 0 Å². The van der Waals surface area contributed by atoms with Gasteiger partial charge in [0, 0.05) is 46.0 Å². The molecular formula is C34H37N4O8P. The fourth-order valence-electron chi connectivity index (χ4n) is 5.77. The predicted octanol–water partition coefficient (Wildman–Crippen LogP) is 6.58. The fourth-order valence-corrected chi connectivity index (χ4v) is 5.77. The molecule has 0 saturated carbocycles. The van der Waals surface area contributed by atoms with Crippen molar-refractivity contribution in [3.63, 3.8) is 0 Å². The molecule has 47 heavy (non-hydrogen) atoms. The lowest BCUT2D eigenvalue weighted by atomic mass is 10.0. The maximum atomic E-state index is 11.5. The Kier molecular flexibility index (Phi) is 10.3. The molecule has 3 aromatic heterocycles. The Balaban J connectivity index is 0.000000930. The summed E-state index contributed by atoms with van der Waals surface area (Å²) in [6, 6.07) is 7.88. The molecule has 13 heteroatoms. The van der Waals surface area contributed by atoms with E-state index in [4.69, 9.17) is 29.2 Å². The highest BCUT2D eigenvalue weighted by Crippen LogP contribution is 2.36. The van der Waals surface area contributed by atoms with Crippen molar-refractivity contribution >= 4 is 70.2 Å². The minimum absolute atomic E-state index is 0.0259. The van der Waals surface area contributed by atoms with Gasteiger partial charge in [-0.2, -0.15) is 0 Å². The van der Waals surface area contributed by atoms with Crippen LogP contribution in [-0.4, -0.2) is 56.8 Å². The summed E-state index contributed by atoms with van der Waals surface area (Å²) < 4.78 is 8.88. The fraction of sp³-hybridized carbons (Fsp3) is 0.235. The molecule has 0 saturated heterocycles. The van der Waals surface area contributed by atoms with Crippen LogP contribution in [0.2, 0.25) is 0 Å². The largest absolute Gasteiger partial charge is 0.481 e. The summed E-state index contributed by atoms with van der Waals surface area (Å²) in [4.78, 5) is 61.6. The van der Waals surface area contributed by atoms with Crippen LogP contribution in [0.5, 0.6) is 0 Å². The molecule has 0 unspecified atom stereocenters. The molecule has 0 amide bonds. The van der Waals surface area contributed by atoms with E-state index in [0.717, 1.165) is 83.7 Å². The van der Waals surface area contributed by atoms with Crippen LogP contribution in [-0.2, 0) is 20.6 Å². The topological polar surface area (TPSA) is 210 Å². The Morgan fingerprint density at radius 1 is 0.723 bits per heavy atom. The highest BCUT2D eigenvalue weighted by atomic mass is 31.2. The summed E-state index contributed by atoms with van der Waals surface area (Å²) in [7, 11) is -4.64. The number of phosphoric acid groups is 1. The molecule has 0 aromatic carbocycles. The van der Waals surface area contributed by atoms with Gasteiger partial charge in [0.15, 0.2) is 0 Å². The van der Waals surface area contributed by atoms with E-state index in [1.807, 2.05) is 58.0 Å². The molecule has 0 fully saturated rings. The summed E-state index contributed by atoms with van der Waals surface area (Å²) in [6.07, 6.45) is 4.22. The van der Waals surface area contributed by atoms with Crippen molar-refractivity contribution in [3.8, 4) is 0 Å². The number of aromatic nitrogens is 4. The number of aryl methyl sites for hydroxylation is 3. The molecule has 5 rings (SSSR count). The molecule has 0 spiro atoms. The van der Waals surface area contributed by atoms with Gasteiger partial charge in [0.05, 0.1) is 22.8 Å². The first-order valence-electron chi connectivity index (χ1n) is 14.6. The first-order chi connectivity index (χ1) is 22.0. The molecule has 7 N–H and O–H groups in total. The second-order valence-corrected chi connectivity index (χ2v) is 12.3. The third-order valence-electron chi connectivity index (χ3n) is 8.22. The van der Waals surface area contributed by atoms with Gasteiger partial charge in [-0.3, -0.25) is 9.59 Å². The summed E-state index contributed by atoms with van der Waals surface area (Å²) in [6.45, 7) is 16.0. The molecular weight excluding hydrogens is 623 g/mol. The van der Waals surface area contributed by atoms with E-state index in [2.05, 4.69) is 23.1 Å². The Morgan fingerprint density at radius 3 is 1.81 bits per heavy atom. The lowest BCUT2D eigenvalue weighted by Crippen LogP contribution is -1.98. The molecule has 12 nitrogen and oxygen atoms in total. The Hall–Kier alpha value is -4.87. The summed E-state index contributed by atoms with van der Waals surface area (Å²) in [5.41, 5.74) is 13.7. The maximum Gasteiger partial charge on any atom is 0.466 e. The second-order valence-electron chi connectivity index (χ2n) is 11.2. The number of hydrogen-bond acceptors (Lipinski definition) is 5. The average molecular weight is 661 g/mol. The van der Waals surface area contributed by atoms with E-state index in [9.17, 15) is 19.8 Å². The zero-order valence-electron chi connectivity index (χ0n) is 26.5. The average Bonchev–Trinajstić information content (AvgIpc) is 3.63. The lowest BCUT2D eigenvalue weighted by Gasteiger charge is -2.03. The molecule has 2 aliphatic rings. The third kappa shape index (κ3) is 7.93. The van der Waals surface area contributed by atoms with Crippen molar-refractivity contribution in [2.75, 3.05) is 0 Å². The smallest absolute Gasteiger partial charge is 0.466 e. The van der Waals surface area contributed by atoms with Crippen molar-refractivity contribution in [1.29, 1.82) is 0 Å². The van der Waals surface area contributed by atoms with Crippen LogP contribution >= 0.6 is 7.82 Å². The Morgan fingerprint density at radius 2 is 1.21 bits per heavy atom. The van der Waals surface area contributed by atoms with Crippen molar-refractivity contribution < 1.29 is 39.0 Å². The molecule has 0 aliphatic carbocycles. The SMILES string of the molecule is C=CC1=C(C)c2cc3[nH]c(cc4nc(cc5[nH]c(cc1n2)c(C)c5CCC(=O)O)C(CCC(=O)O)=C4C)c(C)c3C=C.O=P(O)(O)O. The number of H-pyrrole nitrogens is 2. The number of rotatable bonds is 8. The van der Waals surface area contributed by atoms with Gasteiger partial charge in [0.2, 0.25) is 0 Å². The van der Waals surface area contributed by atoms with Gasteiger partial charge >= 0.3 is 19.8 Å². The summed E-state index contributed by atoms with van der Waals surface area (Å²) in [5, 5.41) is 18.9. The van der Waals surface area contributed by atoms with Crippen LogP contribution in [0.1, 0.15) is 78.1 Å². The van der Waals surface area contributed by atoms with Crippen molar-refractivity contribution in [3.05, 3.63) is 88.5 Å². The van der Waals surface area contributed by atoms with Crippen LogP contribution < -0.4 is 0 Å². The number of carbonyl (C=O) groups is 2. The lowest BCUT2D eigenvalue weighted by molar-refractivity contribution is -0.137. The van der Waals surface area contributed by atoms with Gasteiger partial charge in [0.25, 0.3) is 0 Å². The Labute approximate surface area is 270 Å². The normalized spacial score (nSPS) is 12.9. The van der Waals surface area contributed by atoms with Gasteiger partial charge < -0.3 is 34.9 Å². The van der Waals surface area contributed by atoms with Gasteiger partial charge in [-0.25, -0.2) is 14.5 Å². The minimum atomic E-state index is -4.64. The van der Waals surface area contributed by atoms with Gasteiger partial charge in [-0.05, 0) is 98.2 Å². The van der Waals surface area contributed by atoms with Gasteiger partial charge in [-0.15, -0.1) is 0 Å². The first kappa shape index (κ1) is 35.0. The highest BCUT2D eigenvalue weighted by molar-refractivity contribution is 7.45. The second kappa shape index (κ2) is 13.9. The number of allylic oxidation sites excluding steroid dienone is 5. The van der Waals surface area contributed by atoms with E-state index < -0.39 is 19.8 Å².